The van der Waals surface area contributed by atoms with Gasteiger partial charge in [0.2, 0.25) is 0 Å². The molecule has 1 saturated carbocycles. The Hall–Kier alpha value is -1.33. The summed E-state index contributed by atoms with van der Waals surface area (Å²) >= 11 is 0. The van der Waals surface area contributed by atoms with Gasteiger partial charge in [-0.15, -0.1) is 0 Å². The molecule has 5 heteroatoms. The molecular weight excluding hydrogens is 246 g/mol. The van der Waals surface area contributed by atoms with Gasteiger partial charge in [0.15, 0.2) is 0 Å². The third-order valence-corrected chi connectivity index (χ3v) is 3.70. The molecule has 1 aliphatic carbocycles. The molecule has 5 nitrogen and oxygen atoms in total. The molecule has 2 atom stereocenters. The van der Waals surface area contributed by atoms with Gasteiger partial charge >= 0.3 is 5.97 Å². The van der Waals surface area contributed by atoms with E-state index in [1.165, 1.54) is 7.11 Å². The SMILES string of the molecule is COC(=O)c1cc(CNCC2CCCC2O)oc1C. The van der Waals surface area contributed by atoms with Crippen LogP contribution in [-0.4, -0.2) is 30.8 Å². The monoisotopic (exact) mass is 267 g/mol. The maximum Gasteiger partial charge on any atom is 0.341 e. The number of hydrogen-bond donors (Lipinski definition) is 2. The zero-order valence-electron chi connectivity index (χ0n) is 11.4. The minimum atomic E-state index is -0.376. The van der Waals surface area contributed by atoms with Gasteiger partial charge < -0.3 is 19.6 Å². The molecule has 1 fully saturated rings. The molecule has 2 unspecified atom stereocenters. The summed E-state index contributed by atoms with van der Waals surface area (Å²) < 4.78 is 10.2. The van der Waals surface area contributed by atoms with E-state index in [-0.39, 0.29) is 12.1 Å². The molecule has 1 aromatic rings. The fourth-order valence-electron chi connectivity index (χ4n) is 2.58. The lowest BCUT2D eigenvalue weighted by Gasteiger charge is -2.14. The predicted octanol–water partition coefficient (Wildman–Crippen LogP) is 1.63. The minimum Gasteiger partial charge on any atom is -0.465 e. The predicted molar refractivity (Wildman–Crippen MR) is 69.8 cm³/mol. The lowest BCUT2D eigenvalue weighted by atomic mass is 10.1. The highest BCUT2D eigenvalue weighted by Crippen LogP contribution is 2.24. The number of aliphatic hydroxyl groups excluding tert-OH is 1. The van der Waals surface area contributed by atoms with Crippen molar-refractivity contribution in [3.8, 4) is 0 Å². The number of aliphatic hydroxyl groups is 1. The van der Waals surface area contributed by atoms with Gasteiger partial charge in [-0.05, 0) is 31.7 Å². The summed E-state index contributed by atoms with van der Waals surface area (Å²) in [5, 5.41) is 13.0. The van der Waals surface area contributed by atoms with Crippen molar-refractivity contribution in [2.24, 2.45) is 5.92 Å². The number of carbonyl (C=O) groups is 1. The van der Waals surface area contributed by atoms with E-state index < -0.39 is 0 Å². The molecule has 1 heterocycles. The van der Waals surface area contributed by atoms with Crippen molar-refractivity contribution in [3.63, 3.8) is 0 Å². The van der Waals surface area contributed by atoms with Crippen LogP contribution in [-0.2, 0) is 11.3 Å². The molecule has 0 amide bonds. The number of carbonyl (C=O) groups excluding carboxylic acids is 1. The van der Waals surface area contributed by atoms with Gasteiger partial charge in [0.1, 0.15) is 17.1 Å². The van der Waals surface area contributed by atoms with Crippen molar-refractivity contribution < 1.29 is 19.1 Å². The summed E-state index contributed by atoms with van der Waals surface area (Å²) in [4.78, 5) is 11.4. The summed E-state index contributed by atoms with van der Waals surface area (Å²) in [6.45, 7) is 3.08. The third kappa shape index (κ3) is 3.36. The van der Waals surface area contributed by atoms with Crippen molar-refractivity contribution >= 4 is 5.97 Å². The van der Waals surface area contributed by atoms with Gasteiger partial charge in [-0.1, -0.05) is 6.42 Å². The van der Waals surface area contributed by atoms with Gasteiger partial charge in [0, 0.05) is 6.54 Å². The molecule has 1 aromatic heterocycles. The molecular formula is C14H21NO4. The molecule has 19 heavy (non-hydrogen) atoms. The van der Waals surface area contributed by atoms with E-state index in [4.69, 9.17) is 4.42 Å². The van der Waals surface area contributed by atoms with E-state index in [1.54, 1.807) is 13.0 Å². The molecule has 0 aromatic carbocycles. The van der Waals surface area contributed by atoms with E-state index in [2.05, 4.69) is 10.1 Å². The Balaban J connectivity index is 1.84. The fraction of sp³-hybridized carbons (Fsp3) is 0.643. The van der Waals surface area contributed by atoms with Crippen LogP contribution in [0, 0.1) is 12.8 Å². The zero-order chi connectivity index (χ0) is 13.8. The zero-order valence-corrected chi connectivity index (χ0v) is 11.4. The van der Waals surface area contributed by atoms with E-state index >= 15 is 0 Å². The summed E-state index contributed by atoms with van der Waals surface area (Å²) in [6, 6.07) is 1.71. The number of furan rings is 1. The van der Waals surface area contributed by atoms with Crippen LogP contribution in [0.1, 0.15) is 41.1 Å². The fourth-order valence-corrected chi connectivity index (χ4v) is 2.58. The number of aryl methyl sites for hydroxylation is 1. The highest BCUT2D eigenvalue weighted by molar-refractivity contribution is 5.90. The van der Waals surface area contributed by atoms with Crippen LogP contribution >= 0.6 is 0 Å². The average molecular weight is 267 g/mol. The van der Waals surface area contributed by atoms with Crippen LogP contribution in [0.15, 0.2) is 10.5 Å². The second kappa shape index (κ2) is 6.21. The Morgan fingerprint density at radius 3 is 3.00 bits per heavy atom. The highest BCUT2D eigenvalue weighted by Gasteiger charge is 2.24. The van der Waals surface area contributed by atoms with Crippen LogP contribution in [0.2, 0.25) is 0 Å². The molecule has 0 saturated heterocycles. The molecule has 106 valence electrons. The number of hydrogen-bond acceptors (Lipinski definition) is 5. The van der Waals surface area contributed by atoms with Crippen molar-refractivity contribution in [1.29, 1.82) is 0 Å². The van der Waals surface area contributed by atoms with E-state index in [1.807, 2.05) is 0 Å². The first kappa shape index (κ1) is 14.1. The number of nitrogens with one attached hydrogen (secondary N) is 1. The Labute approximate surface area is 112 Å². The second-order valence-electron chi connectivity index (χ2n) is 5.06. The van der Waals surface area contributed by atoms with E-state index in [0.29, 0.717) is 29.5 Å². The molecule has 2 N–H and O–H groups in total. The maximum absolute atomic E-state index is 11.4. The normalized spacial score (nSPS) is 22.7. The van der Waals surface area contributed by atoms with Crippen molar-refractivity contribution in [2.75, 3.05) is 13.7 Å². The second-order valence-corrected chi connectivity index (χ2v) is 5.06. The largest absolute Gasteiger partial charge is 0.465 e. The van der Waals surface area contributed by atoms with Gasteiger partial charge in [-0.25, -0.2) is 4.79 Å². The van der Waals surface area contributed by atoms with Crippen molar-refractivity contribution in [1.82, 2.24) is 5.32 Å². The molecule has 0 spiro atoms. The number of rotatable bonds is 5. The van der Waals surface area contributed by atoms with Crippen LogP contribution in [0.5, 0.6) is 0 Å². The number of methoxy groups -OCH3 is 1. The third-order valence-electron chi connectivity index (χ3n) is 3.70. The van der Waals surface area contributed by atoms with Crippen molar-refractivity contribution in [3.05, 3.63) is 23.2 Å². The summed E-state index contributed by atoms with van der Waals surface area (Å²) in [7, 11) is 1.36. The molecule has 0 aliphatic heterocycles. The Morgan fingerprint density at radius 2 is 2.37 bits per heavy atom. The Bertz CT molecular complexity index is 441. The standard InChI is InChI=1S/C14H21NO4/c1-9-12(14(17)18-2)6-11(19-9)8-15-7-10-4-3-5-13(10)16/h6,10,13,15-16H,3-5,7-8H2,1-2H3. The topological polar surface area (TPSA) is 71.7 Å². The maximum atomic E-state index is 11.4. The number of esters is 1. The lowest BCUT2D eigenvalue weighted by Crippen LogP contribution is -2.27. The molecule has 1 aliphatic rings. The average Bonchev–Trinajstić information content (AvgIpc) is 2.96. The quantitative estimate of drug-likeness (QED) is 0.793. The Kier molecular flexibility index (Phi) is 4.61. The van der Waals surface area contributed by atoms with E-state index in [0.717, 1.165) is 25.8 Å². The van der Waals surface area contributed by atoms with Crippen LogP contribution in [0.25, 0.3) is 0 Å². The van der Waals surface area contributed by atoms with Crippen molar-refractivity contribution in [2.45, 2.75) is 38.8 Å². The molecule has 0 radical (unpaired) electrons. The number of ether oxygens (including phenoxy) is 1. The molecule has 0 bridgehead atoms. The van der Waals surface area contributed by atoms with Crippen LogP contribution < -0.4 is 5.32 Å². The summed E-state index contributed by atoms with van der Waals surface area (Å²) in [5.41, 5.74) is 0.472. The summed E-state index contributed by atoms with van der Waals surface area (Å²) in [6.07, 6.45) is 2.88. The minimum absolute atomic E-state index is 0.184. The smallest absolute Gasteiger partial charge is 0.341 e. The first-order valence-electron chi connectivity index (χ1n) is 6.68. The van der Waals surface area contributed by atoms with Gasteiger partial charge in [0.25, 0.3) is 0 Å². The Morgan fingerprint density at radius 1 is 1.58 bits per heavy atom. The van der Waals surface area contributed by atoms with Crippen LogP contribution in [0.3, 0.4) is 0 Å². The van der Waals surface area contributed by atoms with Crippen LogP contribution in [0.4, 0.5) is 0 Å². The van der Waals surface area contributed by atoms with E-state index in [9.17, 15) is 9.90 Å². The van der Waals surface area contributed by atoms with Gasteiger partial charge in [0.05, 0.1) is 19.8 Å². The lowest BCUT2D eigenvalue weighted by molar-refractivity contribution is 0.0599. The first-order chi connectivity index (χ1) is 9.11. The molecule has 2 rings (SSSR count). The highest BCUT2D eigenvalue weighted by atomic mass is 16.5. The first-order valence-corrected chi connectivity index (χ1v) is 6.68. The summed E-state index contributed by atoms with van der Waals surface area (Å²) in [5.74, 6) is 1.24. The van der Waals surface area contributed by atoms with Gasteiger partial charge in [-0.2, -0.15) is 0 Å². The van der Waals surface area contributed by atoms with Gasteiger partial charge in [-0.3, -0.25) is 0 Å².